The molecule has 142 valence electrons. The van der Waals surface area contributed by atoms with Crippen molar-refractivity contribution in [3.63, 3.8) is 0 Å². The minimum absolute atomic E-state index is 0.0805. The van der Waals surface area contributed by atoms with Crippen molar-refractivity contribution in [2.45, 2.75) is 57.2 Å². The fraction of sp³-hybridized carbons (Fsp3) is 0.889. The van der Waals surface area contributed by atoms with Gasteiger partial charge in [0, 0.05) is 38.8 Å². The number of β-amino-alcohol motifs (C(OH)–C–C–N with tert-alkyl or cyclic N) is 1. The second kappa shape index (κ2) is 8.47. The summed E-state index contributed by atoms with van der Waals surface area (Å²) in [6, 6.07) is 0.0879. The Kier molecular flexibility index (Phi) is 6.30. The van der Waals surface area contributed by atoms with Gasteiger partial charge in [-0.2, -0.15) is 0 Å². The van der Waals surface area contributed by atoms with Crippen molar-refractivity contribution in [3.8, 4) is 0 Å². The predicted molar refractivity (Wildman–Crippen MR) is 95.0 cm³/mol. The number of nitrogens with zero attached hydrogens (tertiary/aromatic N) is 2. The summed E-state index contributed by atoms with van der Waals surface area (Å²) in [5, 5.41) is 15.8. The molecule has 0 spiro atoms. The van der Waals surface area contributed by atoms with E-state index < -0.39 is 6.10 Å². The summed E-state index contributed by atoms with van der Waals surface area (Å²) in [6.45, 7) is 5.97. The van der Waals surface area contributed by atoms with Crippen molar-refractivity contribution < 1.29 is 14.7 Å². The molecule has 2 amide bonds. The number of amides is 2. The monoisotopic (exact) mass is 352 g/mol. The number of hydrogen-bond acceptors (Lipinski definition) is 5. The van der Waals surface area contributed by atoms with Gasteiger partial charge in [0.15, 0.2) is 0 Å². The lowest BCUT2D eigenvalue weighted by molar-refractivity contribution is -0.135. The number of hydrogen-bond donors (Lipinski definition) is 3. The fourth-order valence-corrected chi connectivity index (χ4v) is 4.13. The molecule has 3 fully saturated rings. The Morgan fingerprint density at radius 1 is 1.12 bits per heavy atom. The number of piperazine rings is 1. The van der Waals surface area contributed by atoms with Crippen LogP contribution in [0.15, 0.2) is 0 Å². The van der Waals surface area contributed by atoms with Gasteiger partial charge < -0.3 is 20.6 Å². The van der Waals surface area contributed by atoms with Gasteiger partial charge in [0.2, 0.25) is 11.8 Å². The van der Waals surface area contributed by atoms with Gasteiger partial charge in [0.1, 0.15) is 0 Å². The fourth-order valence-electron chi connectivity index (χ4n) is 4.13. The van der Waals surface area contributed by atoms with Gasteiger partial charge in [-0.15, -0.1) is 0 Å². The Morgan fingerprint density at radius 2 is 1.80 bits per heavy atom. The maximum atomic E-state index is 12.4. The summed E-state index contributed by atoms with van der Waals surface area (Å²) < 4.78 is 0. The topological polar surface area (TPSA) is 84.9 Å². The molecule has 0 radical (unpaired) electrons. The van der Waals surface area contributed by atoms with E-state index in [1.807, 2.05) is 4.90 Å². The van der Waals surface area contributed by atoms with E-state index in [9.17, 15) is 14.7 Å². The van der Waals surface area contributed by atoms with E-state index in [0.29, 0.717) is 38.6 Å². The van der Waals surface area contributed by atoms with Crippen molar-refractivity contribution >= 4 is 11.8 Å². The van der Waals surface area contributed by atoms with Crippen molar-refractivity contribution in [1.82, 2.24) is 20.4 Å². The van der Waals surface area contributed by atoms with Gasteiger partial charge in [-0.25, -0.2) is 0 Å². The molecule has 3 N–H and O–H groups in total. The van der Waals surface area contributed by atoms with E-state index in [1.165, 1.54) is 12.8 Å². The third-order valence-electron chi connectivity index (χ3n) is 5.84. The lowest BCUT2D eigenvalue weighted by atomic mass is 9.87. The normalized spacial score (nSPS) is 34.1. The molecule has 7 heteroatoms. The van der Waals surface area contributed by atoms with Crippen LogP contribution in [0.1, 0.15) is 39.0 Å². The van der Waals surface area contributed by atoms with E-state index in [4.69, 9.17) is 0 Å². The molecule has 3 rings (SSSR count). The van der Waals surface area contributed by atoms with Crippen LogP contribution < -0.4 is 10.6 Å². The molecule has 7 nitrogen and oxygen atoms in total. The van der Waals surface area contributed by atoms with Gasteiger partial charge in [0.25, 0.3) is 0 Å². The van der Waals surface area contributed by atoms with E-state index in [0.717, 1.165) is 31.8 Å². The van der Waals surface area contributed by atoms with Crippen LogP contribution in [0.3, 0.4) is 0 Å². The molecule has 2 atom stereocenters. The standard InChI is InChI=1S/C18H32N4O3/c1-13-2-4-14(5-3-13)20-17(24)12-21-6-8-22(9-7-21)18(25)16-10-15(23)11-19-16/h13-16,19,23H,2-12H2,1H3,(H,20,24). The maximum Gasteiger partial charge on any atom is 0.239 e. The Morgan fingerprint density at radius 3 is 2.40 bits per heavy atom. The first-order valence-corrected chi connectivity index (χ1v) is 9.73. The largest absolute Gasteiger partial charge is 0.392 e. The van der Waals surface area contributed by atoms with Crippen molar-refractivity contribution in [2.75, 3.05) is 39.3 Å². The lowest BCUT2D eigenvalue weighted by Crippen LogP contribution is -2.54. The second-order valence-corrected chi connectivity index (χ2v) is 7.98. The first kappa shape index (κ1) is 18.6. The van der Waals surface area contributed by atoms with Crippen molar-refractivity contribution in [1.29, 1.82) is 0 Å². The number of aliphatic hydroxyl groups is 1. The summed E-state index contributed by atoms with van der Waals surface area (Å²) in [5.74, 6) is 0.978. The molecule has 1 aliphatic carbocycles. The summed E-state index contributed by atoms with van der Waals surface area (Å²) in [7, 11) is 0. The number of rotatable bonds is 4. The lowest BCUT2D eigenvalue weighted by Gasteiger charge is -2.36. The number of aliphatic hydroxyl groups excluding tert-OH is 1. The predicted octanol–water partition coefficient (Wildman–Crippen LogP) is -0.452. The smallest absolute Gasteiger partial charge is 0.239 e. The van der Waals surface area contributed by atoms with Gasteiger partial charge in [-0.3, -0.25) is 14.5 Å². The van der Waals surface area contributed by atoms with Crippen LogP contribution in [0.5, 0.6) is 0 Å². The highest BCUT2D eigenvalue weighted by atomic mass is 16.3. The van der Waals surface area contributed by atoms with Crippen LogP contribution in [0, 0.1) is 5.92 Å². The molecule has 2 heterocycles. The quantitative estimate of drug-likeness (QED) is 0.638. The van der Waals surface area contributed by atoms with Gasteiger partial charge >= 0.3 is 0 Å². The van der Waals surface area contributed by atoms with Crippen LogP contribution in [0.4, 0.5) is 0 Å². The zero-order valence-corrected chi connectivity index (χ0v) is 15.2. The average molecular weight is 352 g/mol. The Hall–Kier alpha value is -1.18. The molecule has 0 aromatic rings. The van der Waals surface area contributed by atoms with Crippen LogP contribution >= 0.6 is 0 Å². The molecular formula is C18H32N4O3. The Labute approximate surface area is 150 Å². The highest BCUT2D eigenvalue weighted by Crippen LogP contribution is 2.23. The van der Waals surface area contributed by atoms with Gasteiger partial charge in [-0.1, -0.05) is 6.92 Å². The molecule has 3 aliphatic rings. The number of carbonyl (C=O) groups excluding carboxylic acids is 2. The Balaban J connectivity index is 1.36. The maximum absolute atomic E-state index is 12.4. The minimum atomic E-state index is -0.415. The van der Waals surface area contributed by atoms with Crippen LogP contribution in [-0.2, 0) is 9.59 Å². The van der Waals surface area contributed by atoms with Crippen molar-refractivity contribution in [3.05, 3.63) is 0 Å². The summed E-state index contributed by atoms with van der Waals surface area (Å²) in [4.78, 5) is 28.6. The molecular weight excluding hydrogens is 320 g/mol. The van der Waals surface area contributed by atoms with E-state index in [2.05, 4.69) is 22.5 Å². The summed E-state index contributed by atoms with van der Waals surface area (Å²) in [6.07, 6.45) is 4.68. The van der Waals surface area contributed by atoms with E-state index >= 15 is 0 Å². The highest BCUT2D eigenvalue weighted by Gasteiger charge is 2.33. The minimum Gasteiger partial charge on any atom is -0.392 e. The van der Waals surface area contributed by atoms with Crippen LogP contribution in [0.25, 0.3) is 0 Å². The molecule has 1 saturated carbocycles. The first-order valence-electron chi connectivity index (χ1n) is 9.73. The molecule has 0 bridgehead atoms. The summed E-state index contributed by atoms with van der Waals surface area (Å²) >= 11 is 0. The molecule has 2 saturated heterocycles. The zero-order chi connectivity index (χ0) is 17.8. The number of carbonyl (C=O) groups is 2. The van der Waals surface area contributed by atoms with E-state index in [-0.39, 0.29) is 17.9 Å². The third kappa shape index (κ3) is 5.15. The third-order valence-corrected chi connectivity index (χ3v) is 5.84. The van der Waals surface area contributed by atoms with E-state index in [1.54, 1.807) is 0 Å². The Bertz CT molecular complexity index is 471. The zero-order valence-electron chi connectivity index (χ0n) is 15.2. The number of nitrogens with one attached hydrogen (secondary N) is 2. The summed E-state index contributed by atoms with van der Waals surface area (Å²) in [5.41, 5.74) is 0. The van der Waals surface area contributed by atoms with Gasteiger partial charge in [-0.05, 0) is 38.0 Å². The second-order valence-electron chi connectivity index (χ2n) is 7.98. The molecule has 2 unspecified atom stereocenters. The van der Waals surface area contributed by atoms with Crippen LogP contribution in [0.2, 0.25) is 0 Å². The first-order chi connectivity index (χ1) is 12.0. The van der Waals surface area contributed by atoms with Gasteiger partial charge in [0.05, 0.1) is 18.7 Å². The molecule has 0 aromatic carbocycles. The highest BCUT2D eigenvalue weighted by molar-refractivity contribution is 5.82. The molecule has 0 aromatic heterocycles. The average Bonchev–Trinajstić information content (AvgIpc) is 3.03. The molecule has 25 heavy (non-hydrogen) atoms. The SMILES string of the molecule is CC1CCC(NC(=O)CN2CCN(C(=O)C3CC(O)CN3)CC2)CC1. The van der Waals surface area contributed by atoms with Crippen LogP contribution in [-0.4, -0.2) is 84.2 Å². The molecule has 2 aliphatic heterocycles. The van der Waals surface area contributed by atoms with Crippen molar-refractivity contribution in [2.24, 2.45) is 5.92 Å².